The SMILES string of the molecule is Cl.O=C(CN1CCCC(C(=O)O)C1)Nc1cc(Cl)ccc1F. The normalized spacial score (nSPS) is 18.4. The summed E-state index contributed by atoms with van der Waals surface area (Å²) in [5.74, 6) is -2.24. The standard InChI is InChI=1S/C14H16ClFN2O3.ClH/c15-10-3-4-11(16)12(6-10)17-13(19)8-18-5-1-2-9(7-18)14(20)21;/h3-4,6,9H,1-2,5,7-8H2,(H,17,19)(H,20,21);1H. The first-order valence-corrected chi connectivity index (χ1v) is 7.03. The maximum atomic E-state index is 13.5. The van der Waals surface area contributed by atoms with E-state index in [0.29, 0.717) is 24.5 Å². The smallest absolute Gasteiger partial charge is 0.307 e. The molecule has 2 rings (SSSR count). The van der Waals surface area contributed by atoms with Crippen molar-refractivity contribution in [1.82, 2.24) is 4.90 Å². The predicted octanol–water partition coefficient (Wildman–Crippen LogP) is 2.64. The molecule has 1 aromatic carbocycles. The Morgan fingerprint density at radius 1 is 1.45 bits per heavy atom. The Morgan fingerprint density at radius 3 is 2.86 bits per heavy atom. The number of hydrogen-bond acceptors (Lipinski definition) is 3. The number of benzene rings is 1. The number of rotatable bonds is 4. The molecule has 22 heavy (non-hydrogen) atoms. The quantitative estimate of drug-likeness (QED) is 0.875. The largest absolute Gasteiger partial charge is 0.481 e. The van der Waals surface area contributed by atoms with Gasteiger partial charge in [-0.3, -0.25) is 14.5 Å². The van der Waals surface area contributed by atoms with Crippen LogP contribution in [0, 0.1) is 11.7 Å². The van der Waals surface area contributed by atoms with Gasteiger partial charge in [0.05, 0.1) is 18.2 Å². The van der Waals surface area contributed by atoms with E-state index in [1.165, 1.54) is 18.2 Å². The number of amides is 1. The van der Waals surface area contributed by atoms with Gasteiger partial charge in [-0.15, -0.1) is 12.4 Å². The van der Waals surface area contributed by atoms with Gasteiger partial charge in [0.2, 0.25) is 5.91 Å². The van der Waals surface area contributed by atoms with Gasteiger partial charge in [-0.1, -0.05) is 11.6 Å². The minimum absolute atomic E-state index is 0. The molecule has 1 aromatic rings. The molecule has 1 fully saturated rings. The van der Waals surface area contributed by atoms with Crippen LogP contribution in [0.15, 0.2) is 18.2 Å². The first-order chi connectivity index (χ1) is 9.95. The number of nitrogens with one attached hydrogen (secondary N) is 1. The summed E-state index contributed by atoms with van der Waals surface area (Å²) in [5.41, 5.74) is 0.0271. The van der Waals surface area contributed by atoms with Gasteiger partial charge in [-0.2, -0.15) is 0 Å². The van der Waals surface area contributed by atoms with E-state index in [1.807, 2.05) is 0 Å². The molecule has 0 aromatic heterocycles. The van der Waals surface area contributed by atoms with Crippen LogP contribution < -0.4 is 5.32 Å². The molecule has 5 nitrogen and oxygen atoms in total. The number of carbonyl (C=O) groups is 2. The van der Waals surface area contributed by atoms with Crippen molar-refractivity contribution in [1.29, 1.82) is 0 Å². The fourth-order valence-corrected chi connectivity index (χ4v) is 2.56. The zero-order valence-electron chi connectivity index (χ0n) is 11.7. The number of piperidine rings is 1. The summed E-state index contributed by atoms with van der Waals surface area (Å²) >= 11 is 5.75. The van der Waals surface area contributed by atoms with Crippen LogP contribution in [-0.4, -0.2) is 41.5 Å². The molecule has 2 N–H and O–H groups in total. The third-order valence-electron chi connectivity index (χ3n) is 3.42. The van der Waals surface area contributed by atoms with Crippen molar-refractivity contribution in [2.45, 2.75) is 12.8 Å². The van der Waals surface area contributed by atoms with Crippen molar-refractivity contribution in [2.24, 2.45) is 5.92 Å². The molecular formula is C14H17Cl2FN2O3. The molecule has 0 bridgehead atoms. The van der Waals surface area contributed by atoms with Crippen molar-refractivity contribution in [3.05, 3.63) is 29.0 Å². The number of likely N-dealkylation sites (tertiary alicyclic amines) is 1. The monoisotopic (exact) mass is 350 g/mol. The van der Waals surface area contributed by atoms with Crippen LogP contribution in [0.4, 0.5) is 10.1 Å². The number of carboxylic acid groups (broad SMARTS) is 1. The van der Waals surface area contributed by atoms with Crippen molar-refractivity contribution < 1.29 is 19.1 Å². The maximum Gasteiger partial charge on any atom is 0.307 e. The molecule has 0 saturated carbocycles. The molecule has 1 unspecified atom stereocenters. The summed E-state index contributed by atoms with van der Waals surface area (Å²) in [4.78, 5) is 24.6. The van der Waals surface area contributed by atoms with E-state index in [-0.39, 0.29) is 30.5 Å². The van der Waals surface area contributed by atoms with Crippen LogP contribution in [0.2, 0.25) is 5.02 Å². The van der Waals surface area contributed by atoms with Crippen molar-refractivity contribution >= 4 is 41.6 Å². The van der Waals surface area contributed by atoms with Crippen LogP contribution in [0.25, 0.3) is 0 Å². The molecule has 1 heterocycles. The van der Waals surface area contributed by atoms with E-state index in [9.17, 15) is 14.0 Å². The van der Waals surface area contributed by atoms with E-state index in [1.54, 1.807) is 4.90 Å². The summed E-state index contributed by atoms with van der Waals surface area (Å²) in [6.45, 7) is 1.03. The molecule has 0 spiro atoms. The van der Waals surface area contributed by atoms with Gasteiger partial charge in [0, 0.05) is 11.6 Å². The lowest BCUT2D eigenvalue weighted by Gasteiger charge is -2.29. The first-order valence-electron chi connectivity index (χ1n) is 6.66. The van der Waals surface area contributed by atoms with Crippen molar-refractivity contribution in [3.8, 4) is 0 Å². The molecule has 1 aliphatic rings. The van der Waals surface area contributed by atoms with Gasteiger partial charge in [0.1, 0.15) is 5.82 Å². The number of aliphatic carboxylic acids is 1. The van der Waals surface area contributed by atoms with Crippen LogP contribution >= 0.6 is 24.0 Å². The number of anilines is 1. The van der Waals surface area contributed by atoms with Gasteiger partial charge in [-0.25, -0.2) is 4.39 Å². The number of hydrogen-bond donors (Lipinski definition) is 2. The minimum atomic E-state index is -0.846. The Bertz CT molecular complexity index is 557. The van der Waals surface area contributed by atoms with Crippen molar-refractivity contribution in [3.63, 3.8) is 0 Å². The minimum Gasteiger partial charge on any atom is -0.481 e. The van der Waals surface area contributed by atoms with Crippen LogP contribution in [0.1, 0.15) is 12.8 Å². The summed E-state index contributed by atoms with van der Waals surface area (Å²) < 4.78 is 13.5. The highest BCUT2D eigenvalue weighted by Gasteiger charge is 2.26. The van der Waals surface area contributed by atoms with E-state index >= 15 is 0 Å². The van der Waals surface area contributed by atoms with Gasteiger partial charge < -0.3 is 10.4 Å². The highest BCUT2D eigenvalue weighted by Crippen LogP contribution is 2.20. The Morgan fingerprint density at radius 2 is 2.18 bits per heavy atom. The zero-order valence-corrected chi connectivity index (χ0v) is 13.3. The highest BCUT2D eigenvalue weighted by atomic mass is 35.5. The Kier molecular flexibility index (Phi) is 7.06. The van der Waals surface area contributed by atoms with Crippen LogP contribution in [0.3, 0.4) is 0 Å². The molecule has 0 radical (unpaired) electrons. The van der Waals surface area contributed by atoms with E-state index < -0.39 is 17.7 Å². The van der Waals surface area contributed by atoms with E-state index in [0.717, 1.165) is 6.42 Å². The fourth-order valence-electron chi connectivity index (χ4n) is 2.39. The van der Waals surface area contributed by atoms with Crippen LogP contribution in [-0.2, 0) is 9.59 Å². The number of nitrogens with zero attached hydrogens (tertiary/aromatic N) is 1. The van der Waals surface area contributed by atoms with Gasteiger partial charge >= 0.3 is 5.97 Å². The van der Waals surface area contributed by atoms with Crippen molar-refractivity contribution in [2.75, 3.05) is 25.0 Å². The topological polar surface area (TPSA) is 69.6 Å². The molecule has 0 aliphatic carbocycles. The maximum absolute atomic E-state index is 13.5. The summed E-state index contributed by atoms with van der Waals surface area (Å²) in [6, 6.07) is 3.92. The number of halogens is 3. The second-order valence-corrected chi connectivity index (χ2v) is 5.52. The first kappa shape index (κ1) is 18.7. The lowest BCUT2D eigenvalue weighted by atomic mass is 9.98. The average molecular weight is 351 g/mol. The number of carbonyl (C=O) groups excluding carboxylic acids is 1. The molecule has 1 atom stereocenters. The highest BCUT2D eigenvalue weighted by molar-refractivity contribution is 6.30. The Labute approximate surface area is 138 Å². The summed E-state index contributed by atoms with van der Waals surface area (Å²) in [7, 11) is 0. The average Bonchev–Trinajstić information content (AvgIpc) is 2.43. The number of carboxylic acids is 1. The van der Waals surface area contributed by atoms with Crippen LogP contribution in [0.5, 0.6) is 0 Å². The molecular weight excluding hydrogens is 334 g/mol. The second kappa shape index (κ2) is 8.31. The molecule has 8 heteroatoms. The van der Waals surface area contributed by atoms with Gasteiger partial charge in [0.25, 0.3) is 0 Å². The zero-order chi connectivity index (χ0) is 15.4. The van der Waals surface area contributed by atoms with Gasteiger partial charge in [0.15, 0.2) is 0 Å². The Hall–Kier alpha value is -1.37. The molecule has 1 amide bonds. The lowest BCUT2D eigenvalue weighted by molar-refractivity contribution is -0.144. The van der Waals surface area contributed by atoms with Gasteiger partial charge in [-0.05, 0) is 37.6 Å². The van der Waals surface area contributed by atoms with E-state index in [2.05, 4.69) is 5.32 Å². The third-order valence-corrected chi connectivity index (χ3v) is 3.66. The summed E-state index contributed by atoms with van der Waals surface area (Å²) in [5, 5.41) is 11.8. The Balaban J connectivity index is 0.00000242. The fraction of sp³-hybridized carbons (Fsp3) is 0.429. The third kappa shape index (κ3) is 5.12. The summed E-state index contributed by atoms with van der Waals surface area (Å²) in [6.07, 6.45) is 1.35. The molecule has 1 saturated heterocycles. The molecule has 122 valence electrons. The second-order valence-electron chi connectivity index (χ2n) is 5.08. The van der Waals surface area contributed by atoms with E-state index in [4.69, 9.17) is 16.7 Å². The molecule has 1 aliphatic heterocycles. The predicted molar refractivity (Wildman–Crippen MR) is 84.1 cm³/mol. The lowest BCUT2D eigenvalue weighted by Crippen LogP contribution is -2.42.